The van der Waals surface area contributed by atoms with E-state index in [9.17, 15) is 0 Å². The van der Waals surface area contributed by atoms with Crippen molar-refractivity contribution in [2.45, 2.75) is 68.2 Å². The summed E-state index contributed by atoms with van der Waals surface area (Å²) in [5.41, 5.74) is 11.5. The van der Waals surface area contributed by atoms with Crippen molar-refractivity contribution < 1.29 is 73.3 Å². The van der Waals surface area contributed by atoms with Gasteiger partial charge in [0.15, 0.2) is 0 Å². The molecule has 12 rings (SSSR count). The quantitative estimate of drug-likeness (QED) is 0.133. The molecule has 0 spiro atoms. The topological polar surface area (TPSA) is 0 Å². The molecule has 0 fully saturated rings. The fourth-order valence-electron chi connectivity index (χ4n) is 9.64. The molecule has 0 atom stereocenters. The molecule has 2 aliphatic carbocycles. The maximum Gasteiger partial charge on any atom is -0.0771 e. The van der Waals surface area contributed by atoms with Gasteiger partial charge >= 0.3 is 198 Å². The van der Waals surface area contributed by atoms with E-state index in [2.05, 4.69) is 310 Å². The second-order valence-corrected chi connectivity index (χ2v) is 22.9. The predicted molar refractivity (Wildman–Crippen MR) is 325 cm³/mol. The predicted octanol–water partition coefficient (Wildman–Crippen LogP) is 13.8. The Morgan fingerprint density at radius 1 is 0.321 bits per heavy atom. The minimum absolute atomic E-state index is 0. The Labute approximate surface area is 509 Å². The van der Waals surface area contributed by atoms with E-state index in [1.807, 2.05) is 0 Å². The monoisotopic (exact) mass is 1210 g/mol. The smallest absolute Gasteiger partial charge is 0.0771 e. The van der Waals surface area contributed by atoms with Crippen molar-refractivity contribution in [3.63, 3.8) is 0 Å². The average molecular weight is 1210 g/mol. The Hall–Kier alpha value is -5.45. The van der Waals surface area contributed by atoms with Crippen LogP contribution in [-0.2, 0) is 48.5 Å². The number of hydrogen-bond donors (Lipinski definition) is 0. The zero-order chi connectivity index (χ0) is 53.8. The molecule has 0 saturated heterocycles. The summed E-state index contributed by atoms with van der Waals surface area (Å²) in [5, 5.41) is 10.8. The van der Waals surface area contributed by atoms with Crippen molar-refractivity contribution in [1.82, 2.24) is 0 Å². The first-order chi connectivity index (χ1) is 36.9. The Morgan fingerprint density at radius 2 is 0.538 bits per heavy atom. The van der Waals surface area contributed by atoms with Crippen LogP contribution in [0.1, 0.15) is 90.5 Å². The second-order valence-electron chi connectivity index (χ2n) is 20.5. The Morgan fingerprint density at radius 3 is 0.744 bits per heavy atom. The summed E-state index contributed by atoms with van der Waals surface area (Å²) in [6.07, 6.45) is 13.0. The SMILES string of the molecule is CC(C)C1=C(C(C)C)C[C-]=C1.CC(C)C1=C(C(C)C)C[C-]=C1.[Cl-].[Cl-].[Zr+2]=[C](c1ccccc1)c1ccccc1.[Zr+2]=[C](c1ccccc1)c1ccccc1.c1ccc2c(c1)[cH-]c1ccccc12.c1ccc2c(c1)[cH-]c1ccccc12. The van der Waals surface area contributed by atoms with E-state index < -0.39 is 0 Å². The van der Waals surface area contributed by atoms with Crippen LogP contribution in [0.25, 0.3) is 43.1 Å². The molecule has 392 valence electrons. The van der Waals surface area contributed by atoms with Crippen molar-refractivity contribution >= 4 is 49.5 Å². The number of hydrogen-bond acceptors (Lipinski definition) is 0. The van der Waals surface area contributed by atoms with Crippen molar-refractivity contribution in [3.05, 3.63) is 299 Å². The number of fused-ring (bicyclic) bond motifs is 6. The van der Waals surface area contributed by atoms with Gasteiger partial charge < -0.3 is 24.8 Å². The molecule has 0 nitrogen and oxygen atoms in total. The van der Waals surface area contributed by atoms with Crippen molar-refractivity contribution in [2.24, 2.45) is 23.7 Å². The van der Waals surface area contributed by atoms with Gasteiger partial charge in [-0.05, 0) is 11.8 Å². The molecule has 0 unspecified atom stereocenters. The molecule has 0 radical (unpaired) electrons. The van der Waals surface area contributed by atoms with Crippen molar-refractivity contribution in [1.29, 1.82) is 0 Å². The molecular weight excluding hydrogens is 1140 g/mol. The van der Waals surface area contributed by atoms with Gasteiger partial charge in [-0.1, -0.05) is 140 Å². The first kappa shape index (κ1) is 63.4. The largest absolute Gasteiger partial charge is 0.126 e. The molecule has 0 aromatic heterocycles. The van der Waals surface area contributed by atoms with E-state index in [1.165, 1.54) is 131 Å². The zero-order valence-electron chi connectivity index (χ0n) is 46.6. The third kappa shape index (κ3) is 17.8. The van der Waals surface area contributed by atoms with Crippen LogP contribution in [0.15, 0.2) is 265 Å². The van der Waals surface area contributed by atoms with E-state index in [-0.39, 0.29) is 24.8 Å². The van der Waals surface area contributed by atoms with Gasteiger partial charge in [-0.15, -0.1) is 92.3 Å². The fraction of sp³-hybridized carbons (Fsp3) is 0.189. The number of allylic oxidation sites excluding steroid dienone is 8. The summed E-state index contributed by atoms with van der Waals surface area (Å²) >= 11 is 2.92. The first-order valence-corrected chi connectivity index (χ1v) is 29.4. The third-order valence-electron chi connectivity index (χ3n) is 13.8. The molecule has 0 N–H and O–H groups in total. The van der Waals surface area contributed by atoms with E-state index in [0.717, 1.165) is 12.8 Å². The zero-order valence-corrected chi connectivity index (χ0v) is 53.0. The van der Waals surface area contributed by atoms with Gasteiger partial charge in [0.1, 0.15) is 0 Å². The number of rotatable bonds is 8. The summed E-state index contributed by atoms with van der Waals surface area (Å²) in [7, 11) is 0. The van der Waals surface area contributed by atoms with Gasteiger partial charge in [0.25, 0.3) is 0 Å². The minimum atomic E-state index is 0. The van der Waals surface area contributed by atoms with Crippen molar-refractivity contribution in [2.75, 3.05) is 0 Å². The summed E-state index contributed by atoms with van der Waals surface area (Å²) in [6.45, 7) is 18.1. The minimum Gasteiger partial charge on any atom is -0.126 e. The van der Waals surface area contributed by atoms with Gasteiger partial charge in [-0.3, -0.25) is 12.2 Å². The summed E-state index contributed by atoms with van der Waals surface area (Å²) < 4.78 is 2.83. The Balaban J connectivity index is 0.000000172. The summed E-state index contributed by atoms with van der Waals surface area (Å²) in [4.78, 5) is 0. The fourth-order valence-corrected chi connectivity index (χ4v) is 11.3. The molecule has 10 aromatic rings. The standard InChI is InChI=1S/2C13H9.2C13H10.2C11H17.2ClH.2Zr/c2*1-3-7-12-10(5-1)9-11-6-2-4-8-13(11)12;2*1-3-7-12(8-4-1)11-13-9-5-2-6-10-13;2*1-8(2)10-6-5-7-11(10)9(3)4;;;;/h2*1-9H;2*1-10H;2*6,8-9H,7H2,1-4H3;2*1H;;/q2*-1;;;2*-1;;;2*+2/p-2. The van der Waals surface area contributed by atoms with Crippen LogP contribution in [0, 0.1) is 35.8 Å². The van der Waals surface area contributed by atoms with Crippen LogP contribution in [-0.4, -0.2) is 6.41 Å². The van der Waals surface area contributed by atoms with Crippen LogP contribution in [0.5, 0.6) is 0 Å². The van der Waals surface area contributed by atoms with Crippen LogP contribution in [0.2, 0.25) is 0 Å². The molecule has 0 amide bonds. The molecular formula is C74H72Cl2Zr2-2. The van der Waals surface area contributed by atoms with Gasteiger partial charge in [-0.25, -0.2) is 12.2 Å². The summed E-state index contributed by atoms with van der Waals surface area (Å²) in [6, 6.07) is 80.8. The molecule has 0 heterocycles. The molecule has 0 aliphatic heterocycles. The molecule has 2 aliphatic rings. The number of halogens is 2. The molecule has 4 heteroatoms. The Kier molecular flexibility index (Phi) is 26.5. The van der Waals surface area contributed by atoms with E-state index in [0.29, 0.717) is 23.7 Å². The van der Waals surface area contributed by atoms with E-state index in [1.54, 1.807) is 11.1 Å². The van der Waals surface area contributed by atoms with Crippen LogP contribution < -0.4 is 24.8 Å². The second kappa shape index (κ2) is 32.6. The molecule has 0 saturated carbocycles. The first-order valence-electron chi connectivity index (χ1n) is 26.9. The maximum atomic E-state index is 3.29. The average Bonchev–Trinajstić information content (AvgIpc) is 4.33. The third-order valence-corrected chi connectivity index (χ3v) is 16.6. The normalized spacial score (nSPS) is 12.2. The van der Waals surface area contributed by atoms with Crippen LogP contribution in [0.3, 0.4) is 0 Å². The van der Waals surface area contributed by atoms with Crippen LogP contribution in [0.4, 0.5) is 0 Å². The molecule has 10 aromatic carbocycles. The molecule has 78 heavy (non-hydrogen) atoms. The maximum absolute atomic E-state index is 3.29. The van der Waals surface area contributed by atoms with E-state index in [4.69, 9.17) is 0 Å². The van der Waals surface area contributed by atoms with Crippen LogP contribution >= 0.6 is 0 Å². The molecule has 0 bridgehead atoms. The van der Waals surface area contributed by atoms with Gasteiger partial charge in [0.05, 0.1) is 0 Å². The summed E-state index contributed by atoms with van der Waals surface area (Å²) in [5.74, 6) is 2.72. The Bertz CT molecular complexity index is 3130. The van der Waals surface area contributed by atoms with E-state index >= 15 is 0 Å². The van der Waals surface area contributed by atoms with Crippen molar-refractivity contribution in [3.8, 4) is 0 Å². The number of benzene rings is 8. The van der Waals surface area contributed by atoms with Gasteiger partial charge in [0.2, 0.25) is 0 Å². The van der Waals surface area contributed by atoms with Gasteiger partial charge in [0, 0.05) is 0 Å². The van der Waals surface area contributed by atoms with Gasteiger partial charge in [-0.2, -0.15) is 22.3 Å².